The molecule has 5 nitrogen and oxygen atoms in total. The van der Waals surface area contributed by atoms with Crippen molar-refractivity contribution in [2.24, 2.45) is 0 Å². The van der Waals surface area contributed by atoms with E-state index in [-0.39, 0.29) is 18.0 Å². The average molecular weight is 306 g/mol. The molecule has 0 radical (unpaired) electrons. The Morgan fingerprint density at radius 2 is 1.86 bits per heavy atom. The van der Waals surface area contributed by atoms with Crippen molar-refractivity contribution < 1.29 is 13.5 Å². The first kappa shape index (κ1) is 15.6. The van der Waals surface area contributed by atoms with Crippen LogP contribution in [0.3, 0.4) is 0 Å². The van der Waals surface area contributed by atoms with E-state index in [4.69, 9.17) is 0 Å². The molecule has 0 aliphatic carbocycles. The van der Waals surface area contributed by atoms with Gasteiger partial charge in [-0.2, -0.15) is 0 Å². The van der Waals surface area contributed by atoms with Gasteiger partial charge >= 0.3 is 0 Å². The number of pyridine rings is 1. The van der Waals surface area contributed by atoms with E-state index in [0.717, 1.165) is 11.1 Å². The van der Waals surface area contributed by atoms with Crippen molar-refractivity contribution in [2.45, 2.75) is 31.4 Å². The highest BCUT2D eigenvalue weighted by molar-refractivity contribution is 7.89. The molecule has 1 aromatic heterocycles. The number of aliphatic hydroxyl groups is 1. The van der Waals surface area contributed by atoms with Crippen LogP contribution >= 0.6 is 0 Å². The Morgan fingerprint density at radius 1 is 1.14 bits per heavy atom. The molecule has 2 rings (SSSR count). The highest BCUT2D eigenvalue weighted by Gasteiger charge is 2.18. The lowest BCUT2D eigenvalue weighted by molar-refractivity contribution is 0.281. The Kier molecular flexibility index (Phi) is 5.06. The van der Waals surface area contributed by atoms with Crippen molar-refractivity contribution >= 4 is 10.0 Å². The standard InChI is InChI=1S/C15H18N2O3S/c1-2-14-4-3-13(11-18)9-15(14)21(19,20)17-10-12-5-7-16-8-6-12/h3-9,17-18H,2,10-11H2,1H3. The fourth-order valence-corrected chi connectivity index (χ4v) is 3.37. The van der Waals surface area contributed by atoms with E-state index >= 15 is 0 Å². The van der Waals surface area contributed by atoms with E-state index in [1.165, 1.54) is 6.07 Å². The SMILES string of the molecule is CCc1ccc(CO)cc1S(=O)(=O)NCc1ccncc1. The summed E-state index contributed by atoms with van der Waals surface area (Å²) in [5.41, 5.74) is 2.15. The van der Waals surface area contributed by atoms with Crippen molar-refractivity contribution in [3.05, 3.63) is 59.4 Å². The molecule has 0 amide bonds. The van der Waals surface area contributed by atoms with Crippen LogP contribution in [0.4, 0.5) is 0 Å². The van der Waals surface area contributed by atoms with Gasteiger partial charge in [-0.25, -0.2) is 13.1 Å². The van der Waals surface area contributed by atoms with Gasteiger partial charge in [0.05, 0.1) is 11.5 Å². The maximum absolute atomic E-state index is 12.4. The van der Waals surface area contributed by atoms with Crippen molar-refractivity contribution in [2.75, 3.05) is 0 Å². The van der Waals surface area contributed by atoms with E-state index in [1.54, 1.807) is 36.7 Å². The molecule has 0 unspecified atom stereocenters. The molecule has 2 N–H and O–H groups in total. The molecule has 0 spiro atoms. The summed E-state index contributed by atoms with van der Waals surface area (Å²) in [6.45, 7) is 1.92. The van der Waals surface area contributed by atoms with Crippen molar-refractivity contribution in [1.82, 2.24) is 9.71 Å². The van der Waals surface area contributed by atoms with Gasteiger partial charge in [0.15, 0.2) is 0 Å². The zero-order valence-electron chi connectivity index (χ0n) is 11.8. The summed E-state index contributed by atoms with van der Waals surface area (Å²) < 4.78 is 27.5. The first-order valence-corrected chi connectivity index (χ1v) is 8.16. The average Bonchev–Trinajstić information content (AvgIpc) is 2.53. The van der Waals surface area contributed by atoms with Crippen LogP contribution in [0, 0.1) is 0 Å². The maximum atomic E-state index is 12.4. The number of hydrogen-bond acceptors (Lipinski definition) is 4. The summed E-state index contributed by atoms with van der Waals surface area (Å²) in [6.07, 6.45) is 3.85. The third kappa shape index (κ3) is 3.87. The highest BCUT2D eigenvalue weighted by Crippen LogP contribution is 2.19. The minimum atomic E-state index is -3.62. The third-order valence-electron chi connectivity index (χ3n) is 3.20. The molecule has 2 aromatic rings. The summed E-state index contributed by atoms with van der Waals surface area (Å²) >= 11 is 0. The molecule has 0 bridgehead atoms. The summed E-state index contributed by atoms with van der Waals surface area (Å²) in [7, 11) is -3.62. The number of nitrogens with one attached hydrogen (secondary N) is 1. The minimum Gasteiger partial charge on any atom is -0.392 e. The Hall–Kier alpha value is -1.76. The number of rotatable bonds is 6. The van der Waals surface area contributed by atoms with Crippen LogP contribution in [-0.2, 0) is 29.6 Å². The zero-order chi connectivity index (χ0) is 15.3. The Bertz CT molecular complexity index is 700. The molecule has 0 saturated carbocycles. The molecule has 21 heavy (non-hydrogen) atoms. The molecule has 6 heteroatoms. The second kappa shape index (κ2) is 6.80. The molecule has 0 atom stereocenters. The lowest BCUT2D eigenvalue weighted by Gasteiger charge is -2.12. The van der Waals surface area contributed by atoms with Crippen LogP contribution in [0.5, 0.6) is 0 Å². The van der Waals surface area contributed by atoms with Gasteiger partial charge in [-0.15, -0.1) is 0 Å². The number of benzene rings is 1. The smallest absolute Gasteiger partial charge is 0.241 e. The normalized spacial score (nSPS) is 11.5. The fraction of sp³-hybridized carbons (Fsp3) is 0.267. The van der Waals surface area contributed by atoms with Crippen molar-refractivity contribution in [3.8, 4) is 0 Å². The van der Waals surface area contributed by atoms with Gasteiger partial charge in [0.25, 0.3) is 0 Å². The van der Waals surface area contributed by atoms with Gasteiger partial charge in [-0.05, 0) is 41.3 Å². The predicted octanol–water partition coefficient (Wildman–Crippen LogP) is 1.61. The van der Waals surface area contributed by atoms with E-state index < -0.39 is 10.0 Å². The zero-order valence-corrected chi connectivity index (χ0v) is 12.6. The van der Waals surface area contributed by atoms with Gasteiger partial charge in [0.1, 0.15) is 0 Å². The van der Waals surface area contributed by atoms with E-state index in [2.05, 4.69) is 9.71 Å². The first-order chi connectivity index (χ1) is 10.1. The largest absolute Gasteiger partial charge is 0.392 e. The Labute approximate surface area is 124 Å². The van der Waals surface area contributed by atoms with Crippen LogP contribution in [0.2, 0.25) is 0 Å². The summed E-state index contributed by atoms with van der Waals surface area (Å²) in [5.74, 6) is 0. The quantitative estimate of drug-likeness (QED) is 0.850. The van der Waals surface area contributed by atoms with Gasteiger partial charge in [0.2, 0.25) is 10.0 Å². The first-order valence-electron chi connectivity index (χ1n) is 6.68. The number of aromatic nitrogens is 1. The minimum absolute atomic E-state index is 0.184. The topological polar surface area (TPSA) is 79.3 Å². The van der Waals surface area contributed by atoms with E-state index in [0.29, 0.717) is 12.0 Å². The Morgan fingerprint density at radius 3 is 2.48 bits per heavy atom. The number of hydrogen-bond donors (Lipinski definition) is 2. The predicted molar refractivity (Wildman–Crippen MR) is 80.0 cm³/mol. The van der Waals surface area contributed by atoms with Gasteiger partial charge in [-0.3, -0.25) is 4.98 Å². The van der Waals surface area contributed by atoms with Gasteiger partial charge in [-0.1, -0.05) is 19.1 Å². The van der Waals surface area contributed by atoms with Crippen LogP contribution < -0.4 is 4.72 Å². The number of aliphatic hydroxyl groups excluding tert-OH is 1. The van der Waals surface area contributed by atoms with Gasteiger partial charge in [0, 0.05) is 18.9 Å². The molecule has 112 valence electrons. The van der Waals surface area contributed by atoms with Crippen molar-refractivity contribution in [1.29, 1.82) is 0 Å². The molecule has 1 heterocycles. The lowest BCUT2D eigenvalue weighted by Crippen LogP contribution is -2.24. The second-order valence-electron chi connectivity index (χ2n) is 4.63. The number of nitrogens with zero attached hydrogens (tertiary/aromatic N) is 1. The molecular formula is C15H18N2O3S. The monoisotopic (exact) mass is 306 g/mol. The van der Waals surface area contributed by atoms with E-state index in [1.807, 2.05) is 6.92 Å². The maximum Gasteiger partial charge on any atom is 0.241 e. The van der Waals surface area contributed by atoms with Crippen LogP contribution in [-0.4, -0.2) is 18.5 Å². The summed E-state index contributed by atoms with van der Waals surface area (Å²) in [6, 6.07) is 8.52. The summed E-state index contributed by atoms with van der Waals surface area (Å²) in [5, 5.41) is 9.18. The lowest BCUT2D eigenvalue weighted by atomic mass is 10.1. The molecule has 0 saturated heterocycles. The molecule has 0 fully saturated rings. The number of aryl methyl sites for hydroxylation is 1. The molecular weight excluding hydrogens is 288 g/mol. The molecule has 0 aliphatic heterocycles. The van der Waals surface area contributed by atoms with E-state index in [9.17, 15) is 13.5 Å². The fourth-order valence-electron chi connectivity index (χ4n) is 2.00. The number of sulfonamides is 1. The molecule has 0 aliphatic rings. The van der Waals surface area contributed by atoms with Crippen LogP contribution in [0.1, 0.15) is 23.6 Å². The summed E-state index contributed by atoms with van der Waals surface area (Å²) in [4.78, 5) is 4.12. The van der Waals surface area contributed by atoms with Crippen molar-refractivity contribution in [3.63, 3.8) is 0 Å². The molecule has 1 aromatic carbocycles. The highest BCUT2D eigenvalue weighted by atomic mass is 32.2. The van der Waals surface area contributed by atoms with Gasteiger partial charge < -0.3 is 5.11 Å². The van der Waals surface area contributed by atoms with Crippen LogP contribution in [0.15, 0.2) is 47.6 Å². The Balaban J connectivity index is 2.26. The second-order valence-corrected chi connectivity index (χ2v) is 6.37. The van der Waals surface area contributed by atoms with Crippen LogP contribution in [0.25, 0.3) is 0 Å². The third-order valence-corrected chi connectivity index (χ3v) is 4.68.